The Morgan fingerprint density at radius 2 is 1.45 bits per heavy atom. The topological polar surface area (TPSA) is 84.9 Å². The molecule has 1 aliphatic carbocycles. The average Bonchev–Trinajstić information content (AvgIpc) is 3.25. The summed E-state index contributed by atoms with van der Waals surface area (Å²) in [7, 11) is 0. The Kier molecular flexibility index (Phi) is 7.35. The number of benzene rings is 4. The Bertz CT molecular complexity index is 1410. The number of amides is 1. The molecule has 1 aliphatic rings. The van der Waals surface area contributed by atoms with E-state index in [9.17, 15) is 19.1 Å². The summed E-state index contributed by atoms with van der Waals surface area (Å²) in [6.07, 6.45) is -0.725. The second-order valence-corrected chi connectivity index (χ2v) is 9.09. The third-order valence-electron chi connectivity index (χ3n) is 6.65. The number of hydrogen-bond acceptors (Lipinski definition) is 4. The van der Waals surface area contributed by atoms with Gasteiger partial charge in [-0.3, -0.25) is 0 Å². The average molecular weight is 512 g/mol. The summed E-state index contributed by atoms with van der Waals surface area (Å²) in [5, 5.41) is 12.2. The number of carboxylic acid groups (broad SMARTS) is 1. The Balaban J connectivity index is 1.17. The van der Waals surface area contributed by atoms with Crippen molar-refractivity contribution in [2.45, 2.75) is 25.0 Å². The first-order valence-electron chi connectivity index (χ1n) is 12.3. The fourth-order valence-electron chi connectivity index (χ4n) is 4.72. The maximum Gasteiger partial charge on any atom is 0.407 e. The predicted octanol–water partition coefficient (Wildman–Crippen LogP) is 5.94. The Morgan fingerprint density at radius 3 is 2.08 bits per heavy atom. The molecule has 0 aliphatic heterocycles. The van der Waals surface area contributed by atoms with Gasteiger partial charge in [0.05, 0.1) is 0 Å². The van der Waals surface area contributed by atoms with E-state index >= 15 is 0 Å². The van der Waals surface area contributed by atoms with Gasteiger partial charge < -0.3 is 19.9 Å². The molecule has 7 heteroatoms. The molecule has 0 saturated heterocycles. The third kappa shape index (κ3) is 5.52. The van der Waals surface area contributed by atoms with Gasteiger partial charge in [0.15, 0.2) is 0 Å². The minimum absolute atomic E-state index is 0.0626. The lowest BCUT2D eigenvalue weighted by Crippen LogP contribution is -2.42. The van der Waals surface area contributed by atoms with E-state index in [0.717, 1.165) is 22.3 Å². The van der Waals surface area contributed by atoms with Crippen molar-refractivity contribution < 1.29 is 28.6 Å². The highest BCUT2D eigenvalue weighted by atomic mass is 19.1. The quantitative estimate of drug-likeness (QED) is 0.291. The van der Waals surface area contributed by atoms with Crippen molar-refractivity contribution in [2.24, 2.45) is 0 Å². The number of hydrogen-bond donors (Lipinski definition) is 2. The van der Waals surface area contributed by atoms with E-state index in [1.807, 2.05) is 48.5 Å². The highest BCUT2D eigenvalue weighted by Gasteiger charge is 2.29. The van der Waals surface area contributed by atoms with Gasteiger partial charge in [-0.25, -0.2) is 14.0 Å². The molecule has 0 fully saturated rings. The van der Waals surface area contributed by atoms with Gasteiger partial charge in [0.2, 0.25) is 0 Å². The number of halogens is 1. The molecule has 0 spiro atoms. The number of carbonyl (C=O) groups is 2. The fraction of sp³-hybridized carbons (Fsp3) is 0.161. The summed E-state index contributed by atoms with van der Waals surface area (Å²) in [6.45, 7) is 0.174. The van der Waals surface area contributed by atoms with Crippen LogP contribution in [-0.2, 0) is 22.6 Å². The van der Waals surface area contributed by atoms with Crippen LogP contribution in [0.4, 0.5) is 9.18 Å². The van der Waals surface area contributed by atoms with Gasteiger partial charge in [-0.1, -0.05) is 78.9 Å². The van der Waals surface area contributed by atoms with E-state index in [4.69, 9.17) is 9.47 Å². The highest BCUT2D eigenvalue weighted by molar-refractivity contribution is 5.81. The van der Waals surface area contributed by atoms with Gasteiger partial charge in [-0.2, -0.15) is 0 Å². The lowest BCUT2D eigenvalue weighted by atomic mass is 9.98. The maximum absolute atomic E-state index is 13.8. The second-order valence-electron chi connectivity index (χ2n) is 9.09. The molecule has 1 unspecified atom stereocenters. The number of alkyl carbamates (subject to hydrolysis) is 1. The normalized spacial score (nSPS) is 12.8. The molecule has 1 amide bonds. The molecule has 6 nitrogen and oxygen atoms in total. The van der Waals surface area contributed by atoms with Crippen LogP contribution in [0.15, 0.2) is 97.1 Å². The van der Waals surface area contributed by atoms with Gasteiger partial charge in [-0.05, 0) is 46.0 Å². The van der Waals surface area contributed by atoms with Crippen LogP contribution in [-0.4, -0.2) is 29.8 Å². The Morgan fingerprint density at radius 1 is 0.842 bits per heavy atom. The van der Waals surface area contributed by atoms with Crippen molar-refractivity contribution in [3.05, 3.63) is 125 Å². The van der Waals surface area contributed by atoms with Gasteiger partial charge in [-0.15, -0.1) is 0 Å². The first-order valence-corrected chi connectivity index (χ1v) is 12.3. The standard InChI is InChI=1S/C31H26FNO5/c32-28-12-6-1-7-21(28)18-37-22-15-13-20(14-16-22)17-29(30(34)35)33-31(36)38-19-27-25-10-4-2-8-23(25)24-9-3-5-11-26(24)27/h1-16,27,29H,17-19H2,(H,33,36)(H,34,35). The number of rotatable bonds is 9. The molecule has 0 saturated carbocycles. The predicted molar refractivity (Wildman–Crippen MR) is 141 cm³/mol. The molecule has 1 atom stereocenters. The zero-order valence-corrected chi connectivity index (χ0v) is 20.5. The molecule has 0 radical (unpaired) electrons. The number of carboxylic acids is 1. The van der Waals surface area contributed by atoms with Crippen molar-refractivity contribution in [3.8, 4) is 16.9 Å². The number of carbonyl (C=O) groups excluding carboxylic acids is 1. The van der Waals surface area contributed by atoms with E-state index < -0.39 is 18.1 Å². The van der Waals surface area contributed by atoms with Crippen molar-refractivity contribution in [3.63, 3.8) is 0 Å². The van der Waals surface area contributed by atoms with Crippen LogP contribution in [0.2, 0.25) is 0 Å². The molecule has 4 aromatic carbocycles. The largest absolute Gasteiger partial charge is 0.489 e. The van der Waals surface area contributed by atoms with Crippen LogP contribution >= 0.6 is 0 Å². The van der Waals surface area contributed by atoms with Gasteiger partial charge in [0.25, 0.3) is 0 Å². The van der Waals surface area contributed by atoms with Crippen molar-refractivity contribution in [2.75, 3.05) is 6.61 Å². The van der Waals surface area contributed by atoms with E-state index in [-0.39, 0.29) is 31.4 Å². The second kappa shape index (κ2) is 11.2. The molecule has 2 N–H and O–H groups in total. The smallest absolute Gasteiger partial charge is 0.407 e. The zero-order valence-electron chi connectivity index (χ0n) is 20.5. The van der Waals surface area contributed by atoms with Crippen molar-refractivity contribution in [1.82, 2.24) is 5.32 Å². The molecule has 0 bridgehead atoms. The first kappa shape index (κ1) is 25.0. The number of ether oxygens (including phenoxy) is 2. The van der Waals surface area contributed by atoms with Crippen LogP contribution in [0.5, 0.6) is 5.75 Å². The van der Waals surface area contributed by atoms with E-state index in [1.165, 1.54) is 6.07 Å². The van der Waals surface area contributed by atoms with Gasteiger partial charge >= 0.3 is 12.1 Å². The molecule has 0 heterocycles. The fourth-order valence-corrected chi connectivity index (χ4v) is 4.72. The number of aliphatic carboxylic acids is 1. The highest BCUT2D eigenvalue weighted by Crippen LogP contribution is 2.44. The molecule has 5 rings (SSSR count). The SMILES string of the molecule is O=C(NC(Cc1ccc(OCc2ccccc2F)cc1)C(=O)O)OCC1c2ccccc2-c2ccccc21. The summed E-state index contributed by atoms with van der Waals surface area (Å²) in [4.78, 5) is 24.4. The molecule has 4 aromatic rings. The Labute approximate surface area is 219 Å². The van der Waals surface area contributed by atoms with Crippen LogP contribution in [0, 0.1) is 5.82 Å². The third-order valence-corrected chi connectivity index (χ3v) is 6.65. The van der Waals surface area contributed by atoms with E-state index in [0.29, 0.717) is 16.9 Å². The number of fused-ring (bicyclic) bond motifs is 3. The molecule has 38 heavy (non-hydrogen) atoms. The molecular weight excluding hydrogens is 485 g/mol. The first-order chi connectivity index (χ1) is 18.5. The van der Waals surface area contributed by atoms with Crippen LogP contribution in [0.1, 0.15) is 28.2 Å². The summed E-state index contributed by atoms with van der Waals surface area (Å²) in [5.41, 5.74) is 5.51. The van der Waals surface area contributed by atoms with Crippen molar-refractivity contribution in [1.29, 1.82) is 0 Å². The minimum Gasteiger partial charge on any atom is -0.489 e. The van der Waals surface area contributed by atoms with Crippen molar-refractivity contribution >= 4 is 12.1 Å². The monoisotopic (exact) mass is 511 g/mol. The summed E-state index contributed by atoms with van der Waals surface area (Å²) in [5.74, 6) is -1.10. The van der Waals surface area contributed by atoms with Gasteiger partial charge in [0, 0.05) is 17.9 Å². The molecular formula is C31H26FNO5. The van der Waals surface area contributed by atoms with E-state index in [1.54, 1.807) is 42.5 Å². The number of nitrogens with one attached hydrogen (secondary N) is 1. The van der Waals surface area contributed by atoms with Crippen LogP contribution in [0.3, 0.4) is 0 Å². The van der Waals surface area contributed by atoms with E-state index in [2.05, 4.69) is 5.32 Å². The van der Waals surface area contributed by atoms with Gasteiger partial charge in [0.1, 0.15) is 30.8 Å². The summed E-state index contributed by atoms with van der Waals surface area (Å²) in [6, 6.07) is 28.0. The zero-order chi connectivity index (χ0) is 26.5. The Hall–Kier alpha value is -4.65. The minimum atomic E-state index is -1.17. The van der Waals surface area contributed by atoms with Crippen LogP contribution in [0.25, 0.3) is 11.1 Å². The lowest BCUT2D eigenvalue weighted by molar-refractivity contribution is -0.139. The summed E-state index contributed by atoms with van der Waals surface area (Å²) < 4.78 is 24.9. The summed E-state index contributed by atoms with van der Waals surface area (Å²) >= 11 is 0. The molecule has 0 aromatic heterocycles. The van der Waals surface area contributed by atoms with Crippen LogP contribution < -0.4 is 10.1 Å². The molecule has 192 valence electrons. The maximum atomic E-state index is 13.8. The lowest BCUT2D eigenvalue weighted by Gasteiger charge is -2.17.